The Balaban J connectivity index is 1.96. The highest BCUT2D eigenvalue weighted by Crippen LogP contribution is 2.08. The lowest BCUT2D eigenvalue weighted by Gasteiger charge is -2.05. The molecule has 0 fully saturated rings. The highest BCUT2D eigenvalue weighted by Gasteiger charge is 2.01. The van der Waals surface area contributed by atoms with Gasteiger partial charge in [0.15, 0.2) is 0 Å². The van der Waals surface area contributed by atoms with Crippen LogP contribution in [0.5, 0.6) is 0 Å². The number of aromatic nitrogens is 2. The zero-order valence-electron chi connectivity index (χ0n) is 10.5. The lowest BCUT2D eigenvalue weighted by molar-refractivity contribution is 0.618. The maximum atomic E-state index is 13.2. The van der Waals surface area contributed by atoms with Crippen molar-refractivity contribution in [1.29, 1.82) is 5.26 Å². The Bertz CT molecular complexity index is 619. The third-order valence-electron chi connectivity index (χ3n) is 2.56. The second-order valence-corrected chi connectivity index (χ2v) is 4.16. The lowest BCUT2D eigenvalue weighted by atomic mass is 10.1. The standard InChI is InChI=1S/C14H13FN4/c1-10-18-3-2-14(19-10)9-17-8-12-4-11(7-16)5-13(15)6-12/h2-6,17H,8-9H2,1H3. The number of benzene rings is 1. The number of hydrogen-bond acceptors (Lipinski definition) is 4. The van der Waals surface area contributed by atoms with E-state index < -0.39 is 5.82 Å². The van der Waals surface area contributed by atoms with Crippen LogP contribution in [0, 0.1) is 24.1 Å². The van der Waals surface area contributed by atoms with Gasteiger partial charge in [0.25, 0.3) is 0 Å². The molecule has 2 rings (SSSR count). The third kappa shape index (κ3) is 3.83. The van der Waals surface area contributed by atoms with E-state index in [-0.39, 0.29) is 0 Å². The maximum absolute atomic E-state index is 13.2. The highest BCUT2D eigenvalue weighted by atomic mass is 19.1. The van der Waals surface area contributed by atoms with Crippen molar-refractivity contribution in [2.24, 2.45) is 0 Å². The first-order valence-corrected chi connectivity index (χ1v) is 5.86. The van der Waals surface area contributed by atoms with Gasteiger partial charge in [0, 0.05) is 19.3 Å². The lowest BCUT2D eigenvalue weighted by Crippen LogP contribution is -2.14. The van der Waals surface area contributed by atoms with Crippen molar-refractivity contribution in [2.75, 3.05) is 0 Å². The summed E-state index contributed by atoms with van der Waals surface area (Å²) in [7, 11) is 0. The van der Waals surface area contributed by atoms with Gasteiger partial charge in [-0.2, -0.15) is 5.26 Å². The van der Waals surface area contributed by atoms with E-state index in [1.807, 2.05) is 19.1 Å². The molecule has 1 aromatic heterocycles. The minimum atomic E-state index is -0.395. The first-order valence-electron chi connectivity index (χ1n) is 5.86. The molecular weight excluding hydrogens is 243 g/mol. The van der Waals surface area contributed by atoms with Crippen LogP contribution in [0.2, 0.25) is 0 Å². The molecule has 0 aliphatic heterocycles. The van der Waals surface area contributed by atoms with E-state index in [9.17, 15) is 4.39 Å². The van der Waals surface area contributed by atoms with Gasteiger partial charge in [-0.3, -0.25) is 0 Å². The number of aryl methyl sites for hydroxylation is 1. The Morgan fingerprint density at radius 3 is 2.89 bits per heavy atom. The zero-order valence-corrected chi connectivity index (χ0v) is 10.5. The van der Waals surface area contributed by atoms with Crippen molar-refractivity contribution in [3.63, 3.8) is 0 Å². The molecule has 4 nitrogen and oxygen atoms in total. The van der Waals surface area contributed by atoms with Gasteiger partial charge < -0.3 is 5.32 Å². The molecule has 0 spiro atoms. The molecule has 1 heterocycles. The van der Waals surface area contributed by atoms with Crippen molar-refractivity contribution in [3.8, 4) is 6.07 Å². The Kier molecular flexibility index (Phi) is 4.16. The first kappa shape index (κ1) is 13.1. The third-order valence-corrected chi connectivity index (χ3v) is 2.56. The Morgan fingerprint density at radius 1 is 1.32 bits per heavy atom. The van der Waals surface area contributed by atoms with Gasteiger partial charge in [-0.05, 0) is 36.8 Å². The van der Waals surface area contributed by atoms with Crippen LogP contribution in [-0.2, 0) is 13.1 Å². The van der Waals surface area contributed by atoms with E-state index in [0.29, 0.717) is 18.7 Å². The van der Waals surface area contributed by atoms with Gasteiger partial charge in [0.1, 0.15) is 11.6 Å². The second-order valence-electron chi connectivity index (χ2n) is 4.16. The van der Waals surface area contributed by atoms with Gasteiger partial charge in [0.05, 0.1) is 17.3 Å². The molecule has 0 atom stereocenters. The fourth-order valence-corrected chi connectivity index (χ4v) is 1.76. The Morgan fingerprint density at radius 2 is 2.16 bits per heavy atom. The molecule has 0 bridgehead atoms. The largest absolute Gasteiger partial charge is 0.307 e. The number of nitrogens with zero attached hydrogens (tertiary/aromatic N) is 3. The molecule has 5 heteroatoms. The molecule has 96 valence electrons. The fraction of sp³-hybridized carbons (Fsp3) is 0.214. The summed E-state index contributed by atoms with van der Waals surface area (Å²) < 4.78 is 13.2. The van der Waals surface area contributed by atoms with E-state index >= 15 is 0 Å². The van der Waals surface area contributed by atoms with Crippen LogP contribution >= 0.6 is 0 Å². The average molecular weight is 256 g/mol. The molecule has 2 aromatic rings. The van der Waals surface area contributed by atoms with Gasteiger partial charge in [-0.15, -0.1) is 0 Å². The Hall–Kier alpha value is -2.32. The van der Waals surface area contributed by atoms with Crippen molar-refractivity contribution in [2.45, 2.75) is 20.0 Å². The summed E-state index contributed by atoms with van der Waals surface area (Å²) in [4.78, 5) is 8.27. The van der Waals surface area contributed by atoms with Crippen molar-refractivity contribution in [1.82, 2.24) is 15.3 Å². The van der Waals surface area contributed by atoms with Gasteiger partial charge in [0.2, 0.25) is 0 Å². The van der Waals surface area contributed by atoms with Crippen LogP contribution in [0.3, 0.4) is 0 Å². The summed E-state index contributed by atoms with van der Waals surface area (Å²) in [6.45, 7) is 2.88. The summed E-state index contributed by atoms with van der Waals surface area (Å²) >= 11 is 0. The number of hydrogen-bond donors (Lipinski definition) is 1. The predicted molar refractivity (Wildman–Crippen MR) is 68.4 cm³/mol. The van der Waals surface area contributed by atoms with Crippen LogP contribution in [0.15, 0.2) is 30.5 Å². The van der Waals surface area contributed by atoms with E-state index in [1.54, 1.807) is 12.3 Å². The molecule has 0 saturated carbocycles. The Labute approximate surface area is 110 Å². The number of nitrogens with one attached hydrogen (secondary N) is 1. The average Bonchev–Trinajstić information content (AvgIpc) is 2.38. The molecule has 0 radical (unpaired) electrons. The normalized spacial score (nSPS) is 10.2. The van der Waals surface area contributed by atoms with Crippen molar-refractivity contribution in [3.05, 3.63) is 58.9 Å². The van der Waals surface area contributed by atoms with Gasteiger partial charge in [-0.25, -0.2) is 14.4 Å². The van der Waals surface area contributed by atoms with Gasteiger partial charge >= 0.3 is 0 Å². The monoisotopic (exact) mass is 256 g/mol. The minimum absolute atomic E-state index is 0.328. The molecule has 0 aliphatic rings. The summed E-state index contributed by atoms with van der Waals surface area (Å²) in [6, 6.07) is 8.06. The number of nitriles is 1. The zero-order chi connectivity index (χ0) is 13.7. The van der Waals surface area contributed by atoms with Crippen LogP contribution in [0.4, 0.5) is 4.39 Å². The van der Waals surface area contributed by atoms with Crippen molar-refractivity contribution < 1.29 is 4.39 Å². The smallest absolute Gasteiger partial charge is 0.125 e. The van der Waals surface area contributed by atoms with E-state index in [1.165, 1.54) is 12.1 Å². The summed E-state index contributed by atoms with van der Waals surface area (Å²) in [5, 5.41) is 11.9. The predicted octanol–water partition coefficient (Wildman–Crippen LogP) is 2.09. The minimum Gasteiger partial charge on any atom is -0.307 e. The number of halogens is 1. The molecule has 19 heavy (non-hydrogen) atoms. The first-order chi connectivity index (χ1) is 9.17. The molecule has 0 aliphatic carbocycles. The van der Waals surface area contributed by atoms with E-state index in [0.717, 1.165) is 17.1 Å². The molecule has 0 unspecified atom stereocenters. The summed E-state index contributed by atoms with van der Waals surface area (Å²) in [5.74, 6) is 0.325. The SMILES string of the molecule is Cc1nccc(CNCc2cc(F)cc(C#N)c2)n1. The molecule has 1 aromatic carbocycles. The van der Waals surface area contributed by atoms with Crippen LogP contribution in [-0.4, -0.2) is 9.97 Å². The topological polar surface area (TPSA) is 61.6 Å². The van der Waals surface area contributed by atoms with E-state index in [2.05, 4.69) is 15.3 Å². The van der Waals surface area contributed by atoms with E-state index in [4.69, 9.17) is 5.26 Å². The summed E-state index contributed by atoms with van der Waals surface area (Å²) in [6.07, 6.45) is 1.70. The van der Waals surface area contributed by atoms with Crippen molar-refractivity contribution >= 4 is 0 Å². The van der Waals surface area contributed by atoms with Crippen LogP contribution < -0.4 is 5.32 Å². The van der Waals surface area contributed by atoms with Crippen LogP contribution in [0.25, 0.3) is 0 Å². The van der Waals surface area contributed by atoms with Crippen LogP contribution in [0.1, 0.15) is 22.6 Å². The van der Waals surface area contributed by atoms with Gasteiger partial charge in [-0.1, -0.05) is 0 Å². The molecule has 1 N–H and O–H groups in total. The maximum Gasteiger partial charge on any atom is 0.125 e. The molecule has 0 saturated heterocycles. The summed E-state index contributed by atoms with van der Waals surface area (Å²) in [5.41, 5.74) is 1.95. The fourth-order valence-electron chi connectivity index (χ4n) is 1.76. The quantitative estimate of drug-likeness (QED) is 0.909. The molecule has 0 amide bonds. The highest BCUT2D eigenvalue weighted by molar-refractivity contribution is 5.33. The number of rotatable bonds is 4. The molecular formula is C14H13FN4. The second kappa shape index (κ2) is 6.03.